The zero-order chi connectivity index (χ0) is 17.6. The monoisotopic (exact) mass is 374 g/mol. The van der Waals surface area contributed by atoms with Gasteiger partial charge in [0, 0.05) is 5.02 Å². The van der Waals surface area contributed by atoms with Gasteiger partial charge in [0.25, 0.3) is 5.91 Å². The Morgan fingerprint density at radius 3 is 2.56 bits per heavy atom. The third-order valence-electron chi connectivity index (χ3n) is 3.54. The number of amides is 2. The fourth-order valence-corrected chi connectivity index (χ4v) is 3.13. The molecule has 0 radical (unpaired) electrons. The van der Waals surface area contributed by atoms with Crippen molar-refractivity contribution in [3.05, 3.63) is 81.4 Å². The zero-order valence-corrected chi connectivity index (χ0v) is 14.6. The van der Waals surface area contributed by atoms with Crippen LogP contribution in [0, 0.1) is 0 Å². The molecule has 5 nitrogen and oxygen atoms in total. The molecule has 25 heavy (non-hydrogen) atoms. The van der Waals surface area contributed by atoms with Crippen molar-refractivity contribution in [1.29, 1.82) is 0 Å². The quantitative estimate of drug-likeness (QED) is 0.692. The third-order valence-corrected chi connectivity index (χ3v) is 4.49. The zero-order valence-electron chi connectivity index (χ0n) is 13.1. The van der Waals surface area contributed by atoms with E-state index in [1.165, 1.54) is 12.3 Å². The summed E-state index contributed by atoms with van der Waals surface area (Å²) in [6, 6.07) is 12.1. The Hall–Kier alpha value is -2.57. The lowest BCUT2D eigenvalue weighted by Crippen LogP contribution is -2.38. The largest absolute Gasteiger partial charge is 0.459 e. The Morgan fingerprint density at radius 1 is 1.12 bits per heavy atom. The normalized spacial score (nSPS) is 11.7. The van der Waals surface area contributed by atoms with Gasteiger partial charge < -0.3 is 15.1 Å². The predicted octanol–water partition coefficient (Wildman–Crippen LogP) is 3.63. The minimum Gasteiger partial charge on any atom is -0.459 e. The molecule has 2 amide bonds. The van der Waals surface area contributed by atoms with Gasteiger partial charge in [-0.05, 0) is 52.2 Å². The van der Waals surface area contributed by atoms with Gasteiger partial charge >= 0.3 is 0 Å². The molecule has 0 fully saturated rings. The second-order valence-corrected chi connectivity index (χ2v) is 6.49. The maximum Gasteiger partial charge on any atom is 0.287 e. The Morgan fingerprint density at radius 2 is 1.92 bits per heavy atom. The summed E-state index contributed by atoms with van der Waals surface area (Å²) in [4.78, 5) is 24.1. The van der Waals surface area contributed by atoms with E-state index in [0.717, 1.165) is 11.1 Å². The maximum absolute atomic E-state index is 12.3. The van der Waals surface area contributed by atoms with Crippen LogP contribution in [0.15, 0.2) is 63.9 Å². The van der Waals surface area contributed by atoms with E-state index >= 15 is 0 Å². The third kappa shape index (κ3) is 4.49. The summed E-state index contributed by atoms with van der Waals surface area (Å²) >= 11 is 7.49. The summed E-state index contributed by atoms with van der Waals surface area (Å²) in [5.41, 5.74) is 1.88. The number of thiophene rings is 1. The molecule has 1 aromatic carbocycles. The molecule has 2 N–H and O–H groups in total. The van der Waals surface area contributed by atoms with Crippen LogP contribution in [0.5, 0.6) is 0 Å². The lowest BCUT2D eigenvalue weighted by Gasteiger charge is -2.19. The molecule has 128 valence electrons. The van der Waals surface area contributed by atoms with Crippen LogP contribution in [0.3, 0.4) is 0 Å². The van der Waals surface area contributed by atoms with Crippen molar-refractivity contribution in [3.8, 4) is 0 Å². The molecule has 0 spiro atoms. The van der Waals surface area contributed by atoms with Crippen LogP contribution < -0.4 is 10.6 Å². The van der Waals surface area contributed by atoms with Crippen molar-refractivity contribution in [2.75, 3.05) is 6.54 Å². The lowest BCUT2D eigenvalue weighted by molar-refractivity contribution is -0.120. The van der Waals surface area contributed by atoms with E-state index in [2.05, 4.69) is 10.6 Å². The highest BCUT2D eigenvalue weighted by molar-refractivity contribution is 7.08. The molecule has 0 unspecified atom stereocenters. The first-order chi connectivity index (χ1) is 12.1. The molecular formula is C18H15ClN2O3S. The molecule has 0 aliphatic rings. The van der Waals surface area contributed by atoms with Gasteiger partial charge in [-0.1, -0.05) is 23.7 Å². The number of halogens is 1. The number of carbonyl (C=O) groups is 2. The molecular weight excluding hydrogens is 360 g/mol. The van der Waals surface area contributed by atoms with Gasteiger partial charge in [-0.3, -0.25) is 9.59 Å². The van der Waals surface area contributed by atoms with E-state index in [-0.39, 0.29) is 24.3 Å². The van der Waals surface area contributed by atoms with Crippen LogP contribution in [0.25, 0.3) is 0 Å². The van der Waals surface area contributed by atoms with E-state index in [1.54, 1.807) is 29.5 Å². The standard InChI is InChI=1S/C18H15ClN2O3S/c19-14-5-3-12(4-6-14)17(13-7-9-25-11-13)21-16(22)10-20-18(23)15-2-1-8-24-15/h1-9,11,17H,10H2,(H,20,23)(H,21,22)/t17-/m1/s1. The number of hydrogen-bond acceptors (Lipinski definition) is 4. The summed E-state index contributed by atoms with van der Waals surface area (Å²) in [7, 11) is 0. The van der Waals surface area contributed by atoms with E-state index in [0.29, 0.717) is 5.02 Å². The molecule has 0 bridgehead atoms. The molecule has 0 aliphatic carbocycles. The van der Waals surface area contributed by atoms with Gasteiger partial charge in [-0.2, -0.15) is 11.3 Å². The van der Waals surface area contributed by atoms with E-state index in [9.17, 15) is 9.59 Å². The number of carbonyl (C=O) groups excluding carboxylic acids is 2. The Kier molecular flexibility index (Phi) is 5.53. The van der Waals surface area contributed by atoms with Crippen molar-refractivity contribution in [1.82, 2.24) is 10.6 Å². The summed E-state index contributed by atoms with van der Waals surface area (Å²) < 4.78 is 4.99. The summed E-state index contributed by atoms with van der Waals surface area (Å²) in [6.45, 7) is -0.145. The number of hydrogen-bond donors (Lipinski definition) is 2. The Labute approximate surface area is 153 Å². The van der Waals surface area contributed by atoms with Crippen LogP contribution >= 0.6 is 22.9 Å². The second kappa shape index (κ2) is 8.00. The highest BCUT2D eigenvalue weighted by Gasteiger charge is 2.18. The average molecular weight is 375 g/mol. The maximum atomic E-state index is 12.3. The minimum atomic E-state index is -0.432. The molecule has 0 aliphatic heterocycles. The van der Waals surface area contributed by atoms with Crippen molar-refractivity contribution in [2.24, 2.45) is 0 Å². The molecule has 2 aromatic heterocycles. The molecule has 3 rings (SSSR count). The Bertz CT molecular complexity index is 830. The predicted molar refractivity (Wildman–Crippen MR) is 96.8 cm³/mol. The number of nitrogens with one attached hydrogen (secondary N) is 2. The second-order valence-electron chi connectivity index (χ2n) is 5.27. The highest BCUT2D eigenvalue weighted by atomic mass is 35.5. The van der Waals surface area contributed by atoms with Gasteiger partial charge in [-0.25, -0.2) is 0 Å². The molecule has 0 saturated carbocycles. The first-order valence-corrected chi connectivity index (χ1v) is 8.84. The van der Waals surface area contributed by atoms with E-state index in [4.69, 9.17) is 16.0 Å². The van der Waals surface area contributed by atoms with E-state index < -0.39 is 5.91 Å². The SMILES string of the molecule is O=C(CNC(=O)c1ccco1)N[C@H](c1ccc(Cl)cc1)c1ccsc1. The van der Waals surface area contributed by atoms with Crippen molar-refractivity contribution in [2.45, 2.75) is 6.04 Å². The van der Waals surface area contributed by atoms with Crippen molar-refractivity contribution < 1.29 is 14.0 Å². The van der Waals surface area contributed by atoms with Crippen LogP contribution in [0.1, 0.15) is 27.7 Å². The molecule has 1 atom stereocenters. The smallest absolute Gasteiger partial charge is 0.287 e. The van der Waals surface area contributed by atoms with Gasteiger partial charge in [0.1, 0.15) is 0 Å². The Balaban J connectivity index is 1.67. The van der Waals surface area contributed by atoms with Crippen LogP contribution in [-0.2, 0) is 4.79 Å². The molecule has 3 aromatic rings. The molecule has 0 saturated heterocycles. The van der Waals surface area contributed by atoms with Crippen molar-refractivity contribution in [3.63, 3.8) is 0 Å². The van der Waals surface area contributed by atoms with Gasteiger partial charge in [-0.15, -0.1) is 0 Å². The first-order valence-electron chi connectivity index (χ1n) is 7.52. The van der Waals surface area contributed by atoms with Gasteiger partial charge in [0.05, 0.1) is 18.8 Å². The molecule has 2 heterocycles. The van der Waals surface area contributed by atoms with Crippen LogP contribution in [0.4, 0.5) is 0 Å². The fourth-order valence-electron chi connectivity index (χ4n) is 2.32. The lowest BCUT2D eigenvalue weighted by atomic mass is 10.0. The number of benzene rings is 1. The van der Waals surface area contributed by atoms with Gasteiger partial charge in [0.2, 0.25) is 5.91 Å². The van der Waals surface area contributed by atoms with E-state index in [1.807, 2.05) is 29.0 Å². The number of rotatable bonds is 6. The first kappa shape index (κ1) is 17.3. The van der Waals surface area contributed by atoms with Crippen LogP contribution in [-0.4, -0.2) is 18.4 Å². The van der Waals surface area contributed by atoms with Gasteiger partial charge in [0.15, 0.2) is 5.76 Å². The summed E-state index contributed by atoms with van der Waals surface area (Å²) in [6.07, 6.45) is 1.40. The average Bonchev–Trinajstić information content (AvgIpc) is 3.31. The van der Waals surface area contributed by atoms with Crippen LogP contribution in [0.2, 0.25) is 5.02 Å². The van der Waals surface area contributed by atoms with Crippen molar-refractivity contribution >= 4 is 34.8 Å². The fraction of sp³-hybridized carbons (Fsp3) is 0.111. The molecule has 7 heteroatoms. The number of furan rings is 1. The summed E-state index contributed by atoms with van der Waals surface area (Å²) in [5.74, 6) is -0.565. The highest BCUT2D eigenvalue weighted by Crippen LogP contribution is 2.25. The topological polar surface area (TPSA) is 71.3 Å². The summed E-state index contributed by atoms with van der Waals surface area (Å²) in [5, 5.41) is 10.0. The minimum absolute atomic E-state index is 0.145.